The molecule has 0 aliphatic rings. The first-order valence-electron chi connectivity index (χ1n) is 5.27. The Kier molecular flexibility index (Phi) is 3.88. The lowest BCUT2D eigenvalue weighted by molar-refractivity contribution is 0.581. The van der Waals surface area contributed by atoms with Crippen molar-refractivity contribution in [3.8, 4) is 0 Å². The van der Waals surface area contributed by atoms with E-state index in [1.807, 2.05) is 0 Å². The third-order valence-electron chi connectivity index (χ3n) is 2.36. The Balaban J connectivity index is 2.20. The standard InChI is InChI=1S/C10H12BrN5O2S/c1-16-6-7(3-14-16)4-15-19(17,18)9-2-8(11)5-13-10(9)12/h2-3,5-6,15H,4H2,1H3,(H2,12,13). The van der Waals surface area contributed by atoms with Gasteiger partial charge in [-0.3, -0.25) is 4.68 Å². The zero-order valence-corrected chi connectivity index (χ0v) is 12.4. The predicted octanol–water partition coefficient (Wildman–Crippen LogP) is 0.638. The maximum absolute atomic E-state index is 12.1. The van der Waals surface area contributed by atoms with Gasteiger partial charge in [0.25, 0.3) is 0 Å². The summed E-state index contributed by atoms with van der Waals surface area (Å²) in [5.74, 6) is -0.0399. The largest absolute Gasteiger partial charge is 0.383 e. The molecule has 0 unspecified atom stereocenters. The van der Waals surface area contributed by atoms with Crippen LogP contribution in [0.25, 0.3) is 0 Å². The Morgan fingerprint density at radius 1 is 1.47 bits per heavy atom. The fourth-order valence-corrected chi connectivity index (χ4v) is 3.07. The number of nitrogens with two attached hydrogens (primary N) is 1. The number of aromatic nitrogens is 3. The smallest absolute Gasteiger partial charge is 0.244 e. The Morgan fingerprint density at radius 2 is 2.21 bits per heavy atom. The van der Waals surface area contributed by atoms with Gasteiger partial charge in [0.05, 0.1) is 6.20 Å². The van der Waals surface area contributed by atoms with Crippen LogP contribution in [0, 0.1) is 0 Å². The molecule has 0 atom stereocenters. The van der Waals surface area contributed by atoms with Crippen LogP contribution in [0.3, 0.4) is 0 Å². The van der Waals surface area contributed by atoms with Gasteiger partial charge in [0.2, 0.25) is 10.0 Å². The molecular formula is C10H12BrN5O2S. The van der Waals surface area contributed by atoms with Gasteiger partial charge in [0, 0.05) is 36.0 Å². The number of rotatable bonds is 4. The fraction of sp³-hybridized carbons (Fsp3) is 0.200. The molecule has 102 valence electrons. The summed E-state index contributed by atoms with van der Waals surface area (Å²) in [5.41, 5.74) is 6.34. The first-order valence-corrected chi connectivity index (χ1v) is 7.54. The molecule has 3 N–H and O–H groups in total. The minimum atomic E-state index is -3.71. The summed E-state index contributed by atoms with van der Waals surface area (Å²) in [4.78, 5) is 3.75. The number of aryl methyl sites for hydroxylation is 1. The summed E-state index contributed by atoms with van der Waals surface area (Å²) >= 11 is 3.16. The second-order valence-corrected chi connectivity index (χ2v) is 6.53. The molecule has 0 spiro atoms. The lowest BCUT2D eigenvalue weighted by Crippen LogP contribution is -2.24. The molecule has 0 saturated heterocycles. The van der Waals surface area contributed by atoms with Crippen LogP contribution in [0.2, 0.25) is 0 Å². The number of nitrogens with one attached hydrogen (secondary N) is 1. The molecule has 0 amide bonds. The molecule has 19 heavy (non-hydrogen) atoms. The highest BCUT2D eigenvalue weighted by Gasteiger charge is 2.18. The van der Waals surface area contributed by atoms with Gasteiger partial charge in [0.1, 0.15) is 10.7 Å². The molecule has 0 fully saturated rings. The molecule has 0 aliphatic carbocycles. The zero-order chi connectivity index (χ0) is 14.0. The van der Waals surface area contributed by atoms with Crippen molar-refractivity contribution in [3.63, 3.8) is 0 Å². The number of sulfonamides is 1. The summed E-state index contributed by atoms with van der Waals surface area (Å²) < 4.78 is 28.8. The van der Waals surface area contributed by atoms with Crippen molar-refractivity contribution in [2.45, 2.75) is 11.4 Å². The highest BCUT2D eigenvalue weighted by molar-refractivity contribution is 9.10. The van der Waals surface area contributed by atoms with Crippen molar-refractivity contribution < 1.29 is 8.42 Å². The molecule has 0 saturated carbocycles. The molecule has 0 bridgehead atoms. The lowest BCUT2D eigenvalue weighted by atomic mass is 10.4. The van der Waals surface area contributed by atoms with Gasteiger partial charge in [-0.1, -0.05) is 0 Å². The predicted molar refractivity (Wildman–Crippen MR) is 73.6 cm³/mol. The second-order valence-electron chi connectivity index (χ2n) is 3.88. The zero-order valence-electron chi connectivity index (χ0n) is 10.0. The molecule has 0 aromatic carbocycles. The summed E-state index contributed by atoms with van der Waals surface area (Å²) in [5, 5.41) is 3.96. The summed E-state index contributed by atoms with van der Waals surface area (Å²) in [6.07, 6.45) is 4.76. The van der Waals surface area contributed by atoms with E-state index < -0.39 is 10.0 Å². The molecule has 2 rings (SSSR count). The number of nitrogen functional groups attached to an aromatic ring is 1. The van der Waals surface area contributed by atoms with E-state index >= 15 is 0 Å². The van der Waals surface area contributed by atoms with Crippen LogP contribution in [0.4, 0.5) is 5.82 Å². The minimum absolute atomic E-state index is 0.0399. The number of hydrogen-bond donors (Lipinski definition) is 2. The fourth-order valence-electron chi connectivity index (χ4n) is 1.47. The van der Waals surface area contributed by atoms with E-state index in [9.17, 15) is 8.42 Å². The maximum atomic E-state index is 12.1. The second kappa shape index (κ2) is 5.27. The summed E-state index contributed by atoms with van der Waals surface area (Å²) in [7, 11) is -1.95. The van der Waals surface area contributed by atoms with Gasteiger partial charge in [0.15, 0.2) is 0 Å². The van der Waals surface area contributed by atoms with Crippen molar-refractivity contribution in [3.05, 3.63) is 34.7 Å². The van der Waals surface area contributed by atoms with Gasteiger partial charge in [-0.2, -0.15) is 5.10 Å². The van der Waals surface area contributed by atoms with Crippen molar-refractivity contribution in [2.24, 2.45) is 7.05 Å². The Bertz CT molecular complexity index is 698. The average molecular weight is 346 g/mol. The number of hydrogen-bond acceptors (Lipinski definition) is 5. The maximum Gasteiger partial charge on any atom is 0.244 e. The third kappa shape index (κ3) is 3.31. The Labute approximate surface area is 119 Å². The van der Waals surface area contributed by atoms with Crippen molar-refractivity contribution in [1.29, 1.82) is 0 Å². The minimum Gasteiger partial charge on any atom is -0.383 e. The molecule has 7 nitrogen and oxygen atoms in total. The monoisotopic (exact) mass is 345 g/mol. The Hall–Kier alpha value is -1.45. The van der Waals surface area contributed by atoms with Gasteiger partial charge >= 0.3 is 0 Å². The highest BCUT2D eigenvalue weighted by Crippen LogP contribution is 2.20. The number of anilines is 1. The summed E-state index contributed by atoms with van der Waals surface area (Å²) in [6, 6.07) is 1.41. The van der Waals surface area contributed by atoms with Gasteiger partial charge < -0.3 is 5.73 Å². The molecule has 2 heterocycles. The number of pyridine rings is 1. The number of halogens is 1. The molecule has 9 heteroatoms. The molecule has 2 aromatic heterocycles. The van der Waals surface area contributed by atoms with Crippen molar-refractivity contribution >= 4 is 31.8 Å². The van der Waals surface area contributed by atoms with E-state index in [0.717, 1.165) is 5.56 Å². The van der Waals surface area contributed by atoms with Gasteiger partial charge in [-0.25, -0.2) is 18.1 Å². The average Bonchev–Trinajstić information content (AvgIpc) is 2.76. The van der Waals surface area contributed by atoms with E-state index in [4.69, 9.17) is 5.73 Å². The first-order chi connectivity index (χ1) is 8.88. The van der Waals surface area contributed by atoms with E-state index in [0.29, 0.717) is 4.47 Å². The lowest BCUT2D eigenvalue weighted by Gasteiger charge is -2.07. The van der Waals surface area contributed by atoms with Crippen LogP contribution in [0.15, 0.2) is 34.0 Å². The Morgan fingerprint density at radius 3 is 2.84 bits per heavy atom. The molecule has 0 radical (unpaired) electrons. The quantitative estimate of drug-likeness (QED) is 0.846. The van der Waals surface area contributed by atoms with Crippen molar-refractivity contribution in [1.82, 2.24) is 19.5 Å². The van der Waals surface area contributed by atoms with Crippen LogP contribution >= 0.6 is 15.9 Å². The van der Waals surface area contributed by atoms with Crippen LogP contribution in [0.5, 0.6) is 0 Å². The van der Waals surface area contributed by atoms with Gasteiger partial charge in [-0.05, 0) is 22.0 Å². The van der Waals surface area contributed by atoms with E-state index in [1.165, 1.54) is 12.3 Å². The van der Waals surface area contributed by atoms with E-state index in [-0.39, 0.29) is 17.3 Å². The van der Waals surface area contributed by atoms with Crippen molar-refractivity contribution in [2.75, 3.05) is 5.73 Å². The van der Waals surface area contributed by atoms with E-state index in [2.05, 4.69) is 30.7 Å². The third-order valence-corrected chi connectivity index (χ3v) is 4.23. The van der Waals surface area contributed by atoms with E-state index in [1.54, 1.807) is 24.1 Å². The molecule has 0 aliphatic heterocycles. The normalized spacial score (nSPS) is 11.7. The van der Waals surface area contributed by atoms with Gasteiger partial charge in [-0.15, -0.1) is 0 Å². The van der Waals surface area contributed by atoms with Crippen LogP contribution in [-0.2, 0) is 23.6 Å². The highest BCUT2D eigenvalue weighted by atomic mass is 79.9. The number of nitrogens with zero attached hydrogens (tertiary/aromatic N) is 3. The first kappa shape index (κ1) is 14.0. The van der Waals surface area contributed by atoms with Crippen LogP contribution < -0.4 is 10.5 Å². The summed E-state index contributed by atoms with van der Waals surface area (Å²) in [6.45, 7) is 0.141. The van der Waals surface area contributed by atoms with Crippen LogP contribution in [0.1, 0.15) is 5.56 Å². The SMILES string of the molecule is Cn1cc(CNS(=O)(=O)c2cc(Br)cnc2N)cn1. The topological polar surface area (TPSA) is 103 Å². The van der Waals surface area contributed by atoms with Crippen LogP contribution in [-0.4, -0.2) is 23.2 Å². The molecule has 2 aromatic rings. The molecular weight excluding hydrogens is 334 g/mol.